The number of rotatable bonds is 3. The fraction of sp³-hybridized carbons (Fsp3) is 0.600. The molecule has 1 heterocycles. The zero-order valence-corrected chi connectivity index (χ0v) is 9.13. The molecule has 0 atom stereocenters. The van der Waals surface area contributed by atoms with Gasteiger partial charge in [-0.05, 0) is 20.3 Å². The molecule has 0 radical (unpaired) electrons. The first-order valence-electron chi connectivity index (χ1n) is 4.81. The summed E-state index contributed by atoms with van der Waals surface area (Å²) in [5.41, 5.74) is 2.44. The number of nitrogens with zero attached hydrogens (tertiary/aromatic N) is 2. The van der Waals surface area contributed by atoms with Crippen molar-refractivity contribution in [3.05, 3.63) is 17.0 Å². The van der Waals surface area contributed by atoms with Crippen molar-refractivity contribution in [2.45, 2.75) is 27.2 Å². The summed E-state index contributed by atoms with van der Waals surface area (Å²) in [5, 5.41) is 4.14. The number of hydrogen-bond donors (Lipinski definition) is 0. The van der Waals surface area contributed by atoms with E-state index in [-0.39, 0.29) is 5.97 Å². The maximum absolute atomic E-state index is 11.4. The van der Waals surface area contributed by atoms with Crippen molar-refractivity contribution >= 4 is 5.97 Å². The van der Waals surface area contributed by atoms with E-state index in [2.05, 4.69) is 5.10 Å². The van der Waals surface area contributed by atoms with Crippen LogP contribution in [0, 0.1) is 6.92 Å². The molecule has 1 aromatic rings. The van der Waals surface area contributed by atoms with Gasteiger partial charge in [0.15, 0.2) is 5.69 Å². The first-order chi connectivity index (χ1) is 6.61. The molecule has 0 amide bonds. The topological polar surface area (TPSA) is 44.1 Å². The predicted octanol–water partition coefficient (Wildman–Crippen LogP) is 1.47. The van der Waals surface area contributed by atoms with Crippen LogP contribution in [0.5, 0.6) is 0 Å². The van der Waals surface area contributed by atoms with Crippen LogP contribution < -0.4 is 0 Å². The summed E-state index contributed by atoms with van der Waals surface area (Å²) in [6.07, 6.45) is 0.870. The molecule has 0 fully saturated rings. The minimum atomic E-state index is -0.333. The monoisotopic (exact) mass is 196 g/mol. The van der Waals surface area contributed by atoms with E-state index in [1.807, 2.05) is 20.9 Å². The highest BCUT2D eigenvalue weighted by molar-refractivity contribution is 5.89. The van der Waals surface area contributed by atoms with Gasteiger partial charge >= 0.3 is 5.97 Å². The Morgan fingerprint density at radius 3 is 2.57 bits per heavy atom. The largest absolute Gasteiger partial charge is 0.461 e. The van der Waals surface area contributed by atoms with Crippen LogP contribution in [0.3, 0.4) is 0 Å². The molecule has 1 rings (SSSR count). The van der Waals surface area contributed by atoms with E-state index in [1.54, 1.807) is 11.6 Å². The molecule has 14 heavy (non-hydrogen) atoms. The Kier molecular flexibility index (Phi) is 3.28. The molecule has 0 unspecified atom stereocenters. The molecule has 0 aliphatic heterocycles. The molecule has 0 spiro atoms. The van der Waals surface area contributed by atoms with Crippen molar-refractivity contribution in [3.8, 4) is 0 Å². The number of carbonyl (C=O) groups is 1. The third kappa shape index (κ3) is 1.78. The van der Waals surface area contributed by atoms with E-state index in [4.69, 9.17) is 4.74 Å². The van der Waals surface area contributed by atoms with Crippen LogP contribution in [-0.2, 0) is 18.2 Å². The summed E-state index contributed by atoms with van der Waals surface area (Å²) in [6.45, 7) is 6.12. The molecule has 0 N–H and O–H groups in total. The molecule has 0 aliphatic carbocycles. The highest BCUT2D eigenvalue weighted by atomic mass is 16.5. The lowest BCUT2D eigenvalue weighted by Gasteiger charge is -1.98. The Balaban J connectivity index is 3.04. The molecular formula is C10H16N2O2. The summed E-state index contributed by atoms with van der Waals surface area (Å²) in [6, 6.07) is 0. The number of carbonyl (C=O) groups excluding carboxylic acids is 1. The smallest absolute Gasteiger partial charge is 0.359 e. The third-order valence-corrected chi connectivity index (χ3v) is 2.23. The number of hydrogen-bond acceptors (Lipinski definition) is 3. The first-order valence-corrected chi connectivity index (χ1v) is 4.81. The Morgan fingerprint density at radius 1 is 1.50 bits per heavy atom. The normalized spacial score (nSPS) is 10.3. The predicted molar refractivity (Wildman–Crippen MR) is 53.3 cm³/mol. The number of aryl methyl sites for hydroxylation is 1. The van der Waals surface area contributed by atoms with Gasteiger partial charge < -0.3 is 4.74 Å². The van der Waals surface area contributed by atoms with Crippen molar-refractivity contribution in [2.24, 2.45) is 7.05 Å². The average Bonchev–Trinajstić information content (AvgIpc) is 2.42. The van der Waals surface area contributed by atoms with Gasteiger partial charge in [0.2, 0.25) is 0 Å². The lowest BCUT2D eigenvalue weighted by molar-refractivity contribution is 0.0518. The summed E-state index contributed by atoms with van der Waals surface area (Å²) < 4.78 is 6.64. The summed E-state index contributed by atoms with van der Waals surface area (Å²) in [4.78, 5) is 11.4. The zero-order chi connectivity index (χ0) is 10.7. The Bertz CT molecular complexity index is 342. The summed E-state index contributed by atoms with van der Waals surface area (Å²) in [5.74, 6) is -0.333. The van der Waals surface area contributed by atoms with Gasteiger partial charge in [-0.1, -0.05) is 6.92 Å². The van der Waals surface area contributed by atoms with Gasteiger partial charge in [0.25, 0.3) is 0 Å². The fourth-order valence-electron chi connectivity index (χ4n) is 1.55. The third-order valence-electron chi connectivity index (χ3n) is 2.23. The molecule has 0 saturated carbocycles. The lowest BCUT2D eigenvalue weighted by Crippen LogP contribution is -2.07. The molecular weight excluding hydrogens is 180 g/mol. The highest BCUT2D eigenvalue weighted by Crippen LogP contribution is 2.13. The van der Waals surface area contributed by atoms with E-state index < -0.39 is 0 Å². The highest BCUT2D eigenvalue weighted by Gasteiger charge is 2.18. The molecule has 4 heteroatoms. The van der Waals surface area contributed by atoms with Crippen LogP contribution >= 0.6 is 0 Å². The van der Waals surface area contributed by atoms with Crippen molar-refractivity contribution in [3.63, 3.8) is 0 Å². The number of esters is 1. The second-order valence-electron chi connectivity index (χ2n) is 3.12. The van der Waals surface area contributed by atoms with Gasteiger partial charge in [0, 0.05) is 18.3 Å². The maximum Gasteiger partial charge on any atom is 0.359 e. The van der Waals surface area contributed by atoms with Crippen molar-refractivity contribution in [1.29, 1.82) is 0 Å². The number of aromatic nitrogens is 2. The van der Waals surface area contributed by atoms with Gasteiger partial charge in [0.1, 0.15) is 0 Å². The lowest BCUT2D eigenvalue weighted by atomic mass is 10.2. The Labute approximate surface area is 83.9 Å². The van der Waals surface area contributed by atoms with E-state index in [0.29, 0.717) is 12.3 Å². The molecule has 0 saturated heterocycles. The molecule has 0 aliphatic rings. The summed E-state index contributed by atoms with van der Waals surface area (Å²) >= 11 is 0. The standard InChI is InChI=1S/C10H16N2O2/c1-5-8-7(3)9(11-12(8)4)10(13)14-6-2/h5-6H2,1-4H3. The SMILES string of the molecule is CCOC(=O)c1nn(C)c(CC)c1C. The maximum atomic E-state index is 11.4. The molecule has 0 bridgehead atoms. The van der Waals surface area contributed by atoms with Gasteiger partial charge in [0.05, 0.1) is 6.61 Å². The van der Waals surface area contributed by atoms with Crippen molar-refractivity contribution < 1.29 is 9.53 Å². The minimum Gasteiger partial charge on any atom is -0.461 e. The molecule has 1 aromatic heterocycles. The van der Waals surface area contributed by atoms with Crippen LogP contribution in [-0.4, -0.2) is 22.4 Å². The van der Waals surface area contributed by atoms with Crippen LogP contribution in [0.2, 0.25) is 0 Å². The first kappa shape index (κ1) is 10.8. The van der Waals surface area contributed by atoms with Gasteiger partial charge in [-0.3, -0.25) is 4.68 Å². The fourth-order valence-corrected chi connectivity index (χ4v) is 1.55. The number of ether oxygens (including phenoxy) is 1. The second-order valence-corrected chi connectivity index (χ2v) is 3.12. The van der Waals surface area contributed by atoms with E-state index in [9.17, 15) is 4.79 Å². The van der Waals surface area contributed by atoms with Crippen LogP contribution in [0.1, 0.15) is 35.6 Å². The van der Waals surface area contributed by atoms with Gasteiger partial charge in [-0.15, -0.1) is 0 Å². The van der Waals surface area contributed by atoms with Gasteiger partial charge in [-0.25, -0.2) is 4.79 Å². The molecule has 4 nitrogen and oxygen atoms in total. The molecule has 0 aromatic carbocycles. The minimum absolute atomic E-state index is 0.333. The van der Waals surface area contributed by atoms with E-state index >= 15 is 0 Å². The van der Waals surface area contributed by atoms with Gasteiger partial charge in [-0.2, -0.15) is 5.10 Å². The van der Waals surface area contributed by atoms with Crippen LogP contribution in [0.25, 0.3) is 0 Å². The van der Waals surface area contributed by atoms with E-state index in [0.717, 1.165) is 17.7 Å². The second kappa shape index (κ2) is 4.26. The Morgan fingerprint density at radius 2 is 2.14 bits per heavy atom. The Hall–Kier alpha value is -1.32. The van der Waals surface area contributed by atoms with Crippen molar-refractivity contribution in [2.75, 3.05) is 6.61 Å². The average molecular weight is 196 g/mol. The van der Waals surface area contributed by atoms with Crippen LogP contribution in [0.4, 0.5) is 0 Å². The summed E-state index contributed by atoms with van der Waals surface area (Å²) in [7, 11) is 1.84. The zero-order valence-electron chi connectivity index (χ0n) is 9.13. The molecule has 78 valence electrons. The quantitative estimate of drug-likeness (QED) is 0.687. The van der Waals surface area contributed by atoms with E-state index in [1.165, 1.54) is 0 Å². The van der Waals surface area contributed by atoms with Crippen molar-refractivity contribution in [1.82, 2.24) is 9.78 Å². The van der Waals surface area contributed by atoms with Crippen LogP contribution in [0.15, 0.2) is 0 Å².